The van der Waals surface area contributed by atoms with E-state index >= 15 is 0 Å². The fourth-order valence-electron chi connectivity index (χ4n) is 4.59. The van der Waals surface area contributed by atoms with Gasteiger partial charge in [0, 0.05) is 19.3 Å². The Morgan fingerprint density at radius 3 is 1.47 bits per heavy atom. The van der Waals surface area contributed by atoms with Crippen molar-refractivity contribution in [2.75, 3.05) is 6.61 Å². The highest BCUT2D eigenvalue weighted by Gasteiger charge is 2.48. The second-order valence-corrected chi connectivity index (χ2v) is 10.9. The molecule has 0 aromatic rings. The third-order valence-corrected chi connectivity index (χ3v) is 7.32. The lowest BCUT2D eigenvalue weighted by molar-refractivity contribution is -0.182. The Morgan fingerprint density at radius 2 is 1.00 bits per heavy atom. The Hall–Kier alpha value is -1.31. The van der Waals surface area contributed by atoms with E-state index in [4.69, 9.17) is 4.74 Å². The SMILES string of the molecule is CCCCCCCCC(=O)OC[C@](O)(C(=O)CCCCCCCC)[C@@H](O)C(O)C(=O)CCCCCCCC. The molecule has 0 saturated carbocycles. The number of carbonyl (C=O) groups is 3. The first-order chi connectivity index (χ1) is 18.2. The van der Waals surface area contributed by atoms with E-state index in [9.17, 15) is 29.7 Å². The van der Waals surface area contributed by atoms with Crippen molar-refractivity contribution < 1.29 is 34.4 Å². The van der Waals surface area contributed by atoms with Crippen molar-refractivity contribution in [2.24, 2.45) is 0 Å². The summed E-state index contributed by atoms with van der Waals surface area (Å²) < 4.78 is 5.21. The van der Waals surface area contributed by atoms with Gasteiger partial charge in [-0.25, -0.2) is 0 Å². The maximum atomic E-state index is 13.0. The maximum Gasteiger partial charge on any atom is 0.305 e. The van der Waals surface area contributed by atoms with E-state index < -0.39 is 42.0 Å². The molecule has 0 aromatic carbocycles. The molecular formula is C31H58O7. The number of ether oxygens (including phenoxy) is 1. The molecule has 38 heavy (non-hydrogen) atoms. The van der Waals surface area contributed by atoms with Crippen LogP contribution in [-0.2, 0) is 19.1 Å². The summed E-state index contributed by atoms with van der Waals surface area (Å²) in [6.45, 7) is 5.62. The molecule has 0 aliphatic heterocycles. The molecule has 0 heterocycles. The number of aliphatic hydroxyl groups is 3. The predicted molar refractivity (Wildman–Crippen MR) is 152 cm³/mol. The van der Waals surface area contributed by atoms with Crippen LogP contribution in [0.5, 0.6) is 0 Å². The molecule has 0 amide bonds. The highest BCUT2D eigenvalue weighted by Crippen LogP contribution is 2.23. The van der Waals surface area contributed by atoms with Crippen molar-refractivity contribution >= 4 is 17.5 Å². The molecule has 0 aliphatic rings. The number of hydrogen-bond acceptors (Lipinski definition) is 7. The first-order valence-corrected chi connectivity index (χ1v) is 15.5. The minimum absolute atomic E-state index is 0.0208. The second-order valence-electron chi connectivity index (χ2n) is 10.9. The Kier molecular flexibility index (Phi) is 22.8. The number of carbonyl (C=O) groups excluding carboxylic acids is 3. The summed E-state index contributed by atoms with van der Waals surface area (Å²) in [5.74, 6) is -1.89. The molecule has 0 aromatic heterocycles. The Bertz CT molecular complexity index is 621. The van der Waals surface area contributed by atoms with E-state index in [-0.39, 0.29) is 19.3 Å². The molecule has 0 saturated heterocycles. The van der Waals surface area contributed by atoms with E-state index in [0.717, 1.165) is 96.3 Å². The van der Waals surface area contributed by atoms with Gasteiger partial charge in [0.2, 0.25) is 0 Å². The van der Waals surface area contributed by atoms with Crippen LogP contribution in [0.1, 0.15) is 156 Å². The van der Waals surface area contributed by atoms with Crippen molar-refractivity contribution in [1.29, 1.82) is 0 Å². The largest absolute Gasteiger partial charge is 0.462 e. The van der Waals surface area contributed by atoms with E-state index in [1.165, 1.54) is 0 Å². The van der Waals surface area contributed by atoms with E-state index in [2.05, 4.69) is 20.8 Å². The van der Waals surface area contributed by atoms with Crippen molar-refractivity contribution in [3.63, 3.8) is 0 Å². The summed E-state index contributed by atoms with van der Waals surface area (Å²) >= 11 is 0. The van der Waals surface area contributed by atoms with Gasteiger partial charge in [-0.3, -0.25) is 14.4 Å². The monoisotopic (exact) mass is 542 g/mol. The number of unbranched alkanes of at least 4 members (excludes halogenated alkanes) is 15. The van der Waals surface area contributed by atoms with Crippen LogP contribution in [0.3, 0.4) is 0 Å². The molecule has 0 spiro atoms. The van der Waals surface area contributed by atoms with Crippen molar-refractivity contribution in [1.82, 2.24) is 0 Å². The van der Waals surface area contributed by atoms with E-state index in [1.54, 1.807) is 0 Å². The van der Waals surface area contributed by atoms with Gasteiger partial charge in [0.05, 0.1) is 0 Å². The summed E-state index contributed by atoms with van der Waals surface area (Å²) in [6.07, 6.45) is 13.6. The molecule has 1 unspecified atom stereocenters. The molecule has 7 nitrogen and oxygen atoms in total. The quantitative estimate of drug-likeness (QED) is 0.0814. The second kappa shape index (κ2) is 23.6. The molecule has 0 bridgehead atoms. The third kappa shape index (κ3) is 16.6. The van der Waals surface area contributed by atoms with Crippen LogP contribution < -0.4 is 0 Å². The molecule has 3 atom stereocenters. The van der Waals surface area contributed by atoms with Gasteiger partial charge in [0.15, 0.2) is 17.2 Å². The molecule has 7 heteroatoms. The van der Waals surface area contributed by atoms with Gasteiger partial charge in [-0.05, 0) is 19.3 Å². The molecule has 3 N–H and O–H groups in total. The smallest absolute Gasteiger partial charge is 0.305 e. The first-order valence-electron chi connectivity index (χ1n) is 15.5. The molecule has 224 valence electrons. The molecule has 0 radical (unpaired) electrons. The normalized spacial score (nSPS) is 14.6. The Morgan fingerprint density at radius 1 is 0.605 bits per heavy atom. The summed E-state index contributed by atoms with van der Waals surface area (Å²) in [4.78, 5) is 37.9. The van der Waals surface area contributed by atoms with Gasteiger partial charge in [-0.1, -0.05) is 117 Å². The average Bonchev–Trinajstić information content (AvgIpc) is 2.91. The lowest BCUT2D eigenvalue weighted by Gasteiger charge is -2.33. The Labute approximate surface area is 232 Å². The van der Waals surface area contributed by atoms with Gasteiger partial charge < -0.3 is 20.1 Å². The summed E-state index contributed by atoms with van der Waals surface area (Å²) in [5.41, 5.74) is -2.52. The van der Waals surface area contributed by atoms with Crippen LogP contribution in [0.4, 0.5) is 0 Å². The molecule has 0 rings (SSSR count). The lowest BCUT2D eigenvalue weighted by Crippen LogP contribution is -2.59. The van der Waals surface area contributed by atoms with Crippen LogP contribution in [0, 0.1) is 0 Å². The fourth-order valence-corrected chi connectivity index (χ4v) is 4.59. The topological polar surface area (TPSA) is 121 Å². The average molecular weight is 543 g/mol. The van der Waals surface area contributed by atoms with E-state index in [0.29, 0.717) is 19.3 Å². The zero-order valence-corrected chi connectivity index (χ0v) is 24.7. The Balaban J connectivity index is 5.00. The van der Waals surface area contributed by atoms with Crippen LogP contribution >= 0.6 is 0 Å². The fraction of sp³-hybridized carbons (Fsp3) is 0.903. The number of ketones is 2. The lowest BCUT2D eigenvalue weighted by atomic mass is 9.84. The number of esters is 1. The highest BCUT2D eigenvalue weighted by molar-refractivity contribution is 5.91. The summed E-state index contributed by atoms with van der Waals surface area (Å²) in [5, 5.41) is 32.5. The van der Waals surface area contributed by atoms with E-state index in [1.807, 2.05) is 0 Å². The zero-order chi connectivity index (χ0) is 28.7. The maximum absolute atomic E-state index is 13.0. The minimum atomic E-state index is -2.52. The van der Waals surface area contributed by atoms with Gasteiger partial charge >= 0.3 is 5.97 Å². The van der Waals surface area contributed by atoms with Gasteiger partial charge in [0.25, 0.3) is 0 Å². The minimum Gasteiger partial charge on any atom is -0.462 e. The van der Waals surface area contributed by atoms with Gasteiger partial charge in [-0.15, -0.1) is 0 Å². The number of Topliss-reactive ketones (excluding diaryl/α,β-unsaturated/α-hetero) is 2. The number of rotatable bonds is 27. The van der Waals surface area contributed by atoms with Crippen LogP contribution in [0.25, 0.3) is 0 Å². The van der Waals surface area contributed by atoms with Gasteiger partial charge in [0.1, 0.15) is 18.8 Å². The summed E-state index contributed by atoms with van der Waals surface area (Å²) in [7, 11) is 0. The van der Waals surface area contributed by atoms with Crippen LogP contribution in [-0.4, -0.2) is 57.3 Å². The third-order valence-electron chi connectivity index (χ3n) is 7.32. The van der Waals surface area contributed by atoms with Crippen LogP contribution in [0.15, 0.2) is 0 Å². The number of aliphatic hydroxyl groups excluding tert-OH is 2. The molecule has 0 fully saturated rings. The van der Waals surface area contributed by atoms with Crippen LogP contribution in [0.2, 0.25) is 0 Å². The predicted octanol–water partition coefficient (Wildman–Crippen LogP) is 6.37. The van der Waals surface area contributed by atoms with Gasteiger partial charge in [-0.2, -0.15) is 0 Å². The summed E-state index contributed by atoms with van der Waals surface area (Å²) in [6, 6.07) is 0. The highest BCUT2D eigenvalue weighted by atomic mass is 16.5. The number of hydrogen-bond donors (Lipinski definition) is 3. The zero-order valence-electron chi connectivity index (χ0n) is 24.7. The first kappa shape index (κ1) is 36.7. The molecule has 0 aliphatic carbocycles. The van der Waals surface area contributed by atoms with Crippen molar-refractivity contribution in [3.05, 3.63) is 0 Å². The standard InChI is InChI=1S/C31H58O7/c1-4-7-10-13-16-19-22-26(32)29(35)30(36)31(37,27(33)23-20-17-14-11-8-5-2)25-38-28(34)24-21-18-15-12-9-6-3/h29-30,35-37H,4-25H2,1-3H3/t29?,30-,31-/m0/s1. The van der Waals surface area contributed by atoms with Crippen molar-refractivity contribution in [3.8, 4) is 0 Å². The van der Waals surface area contributed by atoms with Crippen molar-refractivity contribution in [2.45, 2.75) is 173 Å². The molecular weight excluding hydrogens is 484 g/mol.